The minimum atomic E-state index is -3.73. The predicted octanol–water partition coefficient (Wildman–Crippen LogP) is 0.313. The largest absolute Gasteiger partial charge is 0.480 e. The molecule has 0 unspecified atom stereocenters. The topological polar surface area (TPSA) is 101 Å². The fourth-order valence-corrected chi connectivity index (χ4v) is 3.28. The monoisotopic (exact) mass is 281 g/mol. The van der Waals surface area contributed by atoms with E-state index in [1.165, 1.54) is 0 Å². The summed E-state index contributed by atoms with van der Waals surface area (Å²) in [7, 11) is -3.73. The molecule has 0 saturated heterocycles. The second-order valence-corrected chi connectivity index (χ2v) is 5.99. The number of hydrogen-bond acceptors (Lipinski definition) is 5. The molecule has 1 heterocycles. The molecule has 0 radical (unpaired) electrons. The zero-order valence-corrected chi connectivity index (χ0v) is 10.6. The maximum absolute atomic E-state index is 12.1. The molecule has 6 nitrogen and oxygen atoms in total. The van der Waals surface area contributed by atoms with Crippen molar-refractivity contribution in [3.05, 3.63) is 46.5 Å². The van der Waals surface area contributed by atoms with E-state index >= 15 is 0 Å². The summed E-state index contributed by atoms with van der Waals surface area (Å²) < 4.78 is 23.9. The first-order valence-corrected chi connectivity index (χ1v) is 7.08. The number of Topliss-reactive ketones (excluding diaryl/α,β-unsaturated/α-hetero) is 1. The van der Waals surface area contributed by atoms with Gasteiger partial charge in [0.25, 0.3) is 0 Å². The molecule has 100 valence electrons. The number of carbonyl (C=O) groups excluding carboxylic acids is 1. The lowest BCUT2D eigenvalue weighted by atomic mass is 10.0. The van der Waals surface area contributed by atoms with E-state index in [0.717, 1.165) is 6.20 Å². The van der Waals surface area contributed by atoms with Crippen molar-refractivity contribution >= 4 is 21.6 Å². The number of benzene rings is 1. The lowest BCUT2D eigenvalue weighted by molar-refractivity contribution is -0.135. The number of aliphatic carboxylic acids is 1. The number of hydrogen-bond donors (Lipinski definition) is 2. The third kappa shape index (κ3) is 2.65. The molecule has 0 bridgehead atoms. The van der Waals surface area contributed by atoms with E-state index in [9.17, 15) is 18.0 Å². The zero-order valence-electron chi connectivity index (χ0n) is 9.79. The molecule has 2 N–H and O–H groups in total. The van der Waals surface area contributed by atoms with Crippen LogP contribution in [-0.2, 0) is 20.4 Å². The van der Waals surface area contributed by atoms with Crippen LogP contribution in [0.2, 0.25) is 0 Å². The van der Waals surface area contributed by atoms with Crippen molar-refractivity contribution in [1.29, 1.82) is 0 Å². The fourth-order valence-electron chi connectivity index (χ4n) is 1.81. The molecule has 0 spiro atoms. The quantitative estimate of drug-likeness (QED) is 0.773. The summed E-state index contributed by atoms with van der Waals surface area (Å²) in [4.78, 5) is 22.0. The molecular formula is C12H11NO5S. The van der Waals surface area contributed by atoms with Crippen LogP contribution in [0.15, 0.2) is 35.4 Å². The van der Waals surface area contributed by atoms with Crippen molar-refractivity contribution in [2.24, 2.45) is 0 Å². The maximum Gasteiger partial charge on any atom is 0.322 e. The average molecular weight is 281 g/mol. The number of nitrogens with one attached hydrogen (secondary N) is 1. The van der Waals surface area contributed by atoms with Crippen LogP contribution in [0, 0.1) is 0 Å². The van der Waals surface area contributed by atoms with E-state index in [1.54, 1.807) is 24.3 Å². The van der Waals surface area contributed by atoms with Crippen LogP contribution in [0.4, 0.5) is 0 Å². The smallest absolute Gasteiger partial charge is 0.322 e. The lowest BCUT2D eigenvalue weighted by Crippen LogP contribution is -2.26. The van der Waals surface area contributed by atoms with Gasteiger partial charge in [-0.3, -0.25) is 9.59 Å². The second-order valence-electron chi connectivity index (χ2n) is 4.03. The number of allylic oxidation sites excluding steroid dienone is 1. The van der Waals surface area contributed by atoms with Gasteiger partial charge in [-0.2, -0.15) is 0 Å². The summed E-state index contributed by atoms with van der Waals surface area (Å²) in [5, 5.41) is 10.8. The van der Waals surface area contributed by atoms with E-state index in [4.69, 9.17) is 5.11 Å². The van der Waals surface area contributed by atoms with Crippen molar-refractivity contribution < 1.29 is 23.1 Å². The van der Waals surface area contributed by atoms with Crippen molar-refractivity contribution in [2.75, 3.05) is 6.54 Å². The Morgan fingerprint density at radius 1 is 1.37 bits per heavy atom. The van der Waals surface area contributed by atoms with Crippen molar-refractivity contribution in [3.63, 3.8) is 0 Å². The number of rotatable bonds is 3. The minimum Gasteiger partial charge on any atom is -0.480 e. The maximum atomic E-state index is 12.1. The summed E-state index contributed by atoms with van der Waals surface area (Å²) in [6.45, 7) is -0.450. The molecule has 2 rings (SSSR count). The van der Waals surface area contributed by atoms with Gasteiger partial charge in [0.05, 0.1) is 5.75 Å². The van der Waals surface area contributed by atoms with E-state index in [2.05, 4.69) is 5.32 Å². The van der Waals surface area contributed by atoms with E-state index in [-0.39, 0.29) is 5.75 Å². The third-order valence-corrected chi connectivity index (χ3v) is 4.32. The van der Waals surface area contributed by atoms with Gasteiger partial charge in [-0.05, 0) is 5.56 Å². The Kier molecular flexibility index (Phi) is 3.39. The molecule has 0 aromatic heterocycles. The first-order chi connectivity index (χ1) is 8.92. The van der Waals surface area contributed by atoms with Crippen molar-refractivity contribution in [2.45, 2.75) is 5.75 Å². The highest BCUT2D eigenvalue weighted by atomic mass is 32.2. The van der Waals surface area contributed by atoms with Gasteiger partial charge in [0.15, 0.2) is 9.84 Å². The van der Waals surface area contributed by atoms with E-state index in [0.29, 0.717) is 11.1 Å². The summed E-state index contributed by atoms with van der Waals surface area (Å²) in [6, 6.07) is 6.46. The van der Waals surface area contributed by atoms with Gasteiger partial charge < -0.3 is 10.4 Å². The number of sulfone groups is 1. The summed E-state index contributed by atoms with van der Waals surface area (Å²) >= 11 is 0. The Hall–Kier alpha value is -2.15. The summed E-state index contributed by atoms with van der Waals surface area (Å²) in [5.41, 5.74) is 0.795. The lowest BCUT2D eigenvalue weighted by Gasteiger charge is -2.17. The number of carboxylic acid groups (broad SMARTS) is 1. The van der Waals surface area contributed by atoms with Gasteiger partial charge in [0, 0.05) is 11.8 Å². The first-order valence-electron chi connectivity index (χ1n) is 5.42. The molecule has 0 atom stereocenters. The van der Waals surface area contributed by atoms with Crippen LogP contribution in [0.3, 0.4) is 0 Å². The Balaban J connectivity index is 2.40. The highest BCUT2D eigenvalue weighted by Crippen LogP contribution is 2.27. The molecule has 1 aromatic carbocycles. The Morgan fingerprint density at radius 2 is 2.05 bits per heavy atom. The van der Waals surface area contributed by atoms with Crippen LogP contribution in [0.25, 0.3) is 0 Å². The third-order valence-electron chi connectivity index (χ3n) is 2.65. The standard InChI is InChI=1S/C12H11NO5S/c14-11(15)6-13-5-10-12(16)9-4-2-1-3-8(9)7-19(10,17)18/h1-5,13H,6-7H2,(H,14,15). The number of ketones is 1. The van der Waals surface area contributed by atoms with Gasteiger partial charge in [-0.1, -0.05) is 24.3 Å². The molecule has 0 amide bonds. The summed E-state index contributed by atoms with van der Waals surface area (Å²) in [5.74, 6) is -2.01. The molecular weight excluding hydrogens is 270 g/mol. The SMILES string of the molecule is O=C(O)CNC=C1C(=O)c2ccccc2CS1(=O)=O. The average Bonchev–Trinajstić information content (AvgIpc) is 2.32. The number of carbonyl (C=O) groups is 2. The van der Waals surface area contributed by atoms with Crippen LogP contribution in [0.1, 0.15) is 15.9 Å². The van der Waals surface area contributed by atoms with E-state index in [1.807, 2.05) is 0 Å². The normalized spacial score (nSPS) is 18.9. The Labute approximate surface area is 109 Å². The zero-order chi connectivity index (χ0) is 14.0. The second kappa shape index (κ2) is 4.85. The van der Waals surface area contributed by atoms with Crippen molar-refractivity contribution in [1.82, 2.24) is 5.32 Å². The van der Waals surface area contributed by atoms with Crippen molar-refractivity contribution in [3.8, 4) is 0 Å². The van der Waals surface area contributed by atoms with E-state index < -0.39 is 33.0 Å². The van der Waals surface area contributed by atoms with Crippen LogP contribution < -0.4 is 5.32 Å². The fraction of sp³-hybridized carbons (Fsp3) is 0.167. The van der Waals surface area contributed by atoms with Gasteiger partial charge in [-0.25, -0.2) is 8.42 Å². The van der Waals surface area contributed by atoms with Gasteiger partial charge in [0.2, 0.25) is 5.78 Å². The Bertz CT molecular complexity index is 675. The Morgan fingerprint density at radius 3 is 2.74 bits per heavy atom. The molecule has 1 aliphatic rings. The highest BCUT2D eigenvalue weighted by molar-refractivity contribution is 7.95. The predicted molar refractivity (Wildman–Crippen MR) is 67.1 cm³/mol. The summed E-state index contributed by atoms with van der Waals surface area (Å²) in [6.07, 6.45) is 0.960. The number of carboxylic acids is 1. The van der Waals surface area contributed by atoms with Crippen LogP contribution in [0.5, 0.6) is 0 Å². The highest BCUT2D eigenvalue weighted by Gasteiger charge is 2.33. The number of fused-ring (bicyclic) bond motifs is 1. The molecule has 1 aromatic rings. The molecule has 0 aliphatic carbocycles. The minimum absolute atomic E-state index is 0.254. The van der Waals surface area contributed by atoms with Crippen LogP contribution >= 0.6 is 0 Å². The first kappa shape index (κ1) is 13.3. The van der Waals surface area contributed by atoms with Gasteiger partial charge in [-0.15, -0.1) is 0 Å². The van der Waals surface area contributed by atoms with Crippen LogP contribution in [-0.4, -0.2) is 31.8 Å². The molecule has 0 saturated carbocycles. The molecule has 0 fully saturated rings. The van der Waals surface area contributed by atoms with Gasteiger partial charge in [0.1, 0.15) is 11.4 Å². The van der Waals surface area contributed by atoms with Gasteiger partial charge >= 0.3 is 5.97 Å². The molecule has 1 aliphatic heterocycles. The molecule has 19 heavy (non-hydrogen) atoms. The molecule has 7 heteroatoms.